The van der Waals surface area contributed by atoms with Crippen LogP contribution in [0.15, 0.2) is 73.2 Å². The molecular weight excluding hydrogens is 410 g/mol. The van der Waals surface area contributed by atoms with Gasteiger partial charge in [-0.2, -0.15) is 0 Å². The van der Waals surface area contributed by atoms with E-state index in [0.29, 0.717) is 40.9 Å². The van der Waals surface area contributed by atoms with Crippen molar-refractivity contribution in [3.63, 3.8) is 0 Å². The molecule has 0 radical (unpaired) electrons. The van der Waals surface area contributed by atoms with E-state index in [1.165, 1.54) is 0 Å². The zero-order valence-electron chi connectivity index (χ0n) is 16.6. The van der Waals surface area contributed by atoms with Gasteiger partial charge in [-0.05, 0) is 48.0 Å². The summed E-state index contributed by atoms with van der Waals surface area (Å²) in [5.41, 5.74) is 17.1. The van der Waals surface area contributed by atoms with Gasteiger partial charge >= 0.3 is 0 Å². The Balaban J connectivity index is 1.60. The maximum absolute atomic E-state index is 6.27. The molecule has 154 valence electrons. The molecule has 0 fully saturated rings. The van der Waals surface area contributed by atoms with E-state index in [-0.39, 0.29) is 0 Å². The van der Waals surface area contributed by atoms with Crippen LogP contribution in [0.3, 0.4) is 0 Å². The Hall–Kier alpha value is -3.84. The molecular formula is C23H20ClN7. The van der Waals surface area contributed by atoms with E-state index in [0.717, 1.165) is 22.6 Å². The number of benzene rings is 2. The van der Waals surface area contributed by atoms with Crippen LogP contribution in [0.4, 0.5) is 22.9 Å². The van der Waals surface area contributed by atoms with Crippen molar-refractivity contribution < 1.29 is 0 Å². The SMILES string of the molecule is Nc1ccc(N)c(-c2ncc3c(n2)N(Cc2cccnc2)N(c2cccc(Cl)c2)C3)c1. The second-order valence-corrected chi connectivity index (χ2v) is 7.78. The van der Waals surface area contributed by atoms with E-state index >= 15 is 0 Å². The normalized spacial score (nSPS) is 12.8. The molecule has 0 saturated heterocycles. The fraction of sp³-hybridized carbons (Fsp3) is 0.0870. The van der Waals surface area contributed by atoms with Gasteiger partial charge in [0, 0.05) is 46.1 Å². The molecule has 0 atom stereocenters. The highest BCUT2D eigenvalue weighted by Crippen LogP contribution is 2.37. The van der Waals surface area contributed by atoms with Gasteiger partial charge in [0.2, 0.25) is 0 Å². The molecule has 3 heterocycles. The van der Waals surface area contributed by atoms with E-state index in [9.17, 15) is 0 Å². The van der Waals surface area contributed by atoms with E-state index in [1.54, 1.807) is 24.4 Å². The lowest BCUT2D eigenvalue weighted by Gasteiger charge is -2.31. The van der Waals surface area contributed by atoms with Gasteiger partial charge in [0.05, 0.1) is 18.8 Å². The zero-order chi connectivity index (χ0) is 21.4. The molecule has 1 aliphatic heterocycles. The van der Waals surface area contributed by atoms with Crippen LogP contribution in [0, 0.1) is 0 Å². The lowest BCUT2D eigenvalue weighted by Crippen LogP contribution is -2.37. The summed E-state index contributed by atoms with van der Waals surface area (Å²) in [4.78, 5) is 13.7. The van der Waals surface area contributed by atoms with Crippen LogP contribution < -0.4 is 21.5 Å². The average Bonchev–Trinajstić information content (AvgIpc) is 3.14. The summed E-state index contributed by atoms with van der Waals surface area (Å²) in [6.07, 6.45) is 5.46. The number of aromatic nitrogens is 3. The van der Waals surface area contributed by atoms with Gasteiger partial charge in [-0.25, -0.2) is 9.97 Å². The monoisotopic (exact) mass is 429 g/mol. The van der Waals surface area contributed by atoms with Gasteiger partial charge in [0.25, 0.3) is 0 Å². The molecule has 5 rings (SSSR count). The van der Waals surface area contributed by atoms with Gasteiger partial charge < -0.3 is 11.5 Å². The van der Waals surface area contributed by atoms with Crippen molar-refractivity contribution in [2.75, 3.05) is 21.5 Å². The first-order valence-electron chi connectivity index (χ1n) is 9.79. The fourth-order valence-electron chi connectivity index (χ4n) is 3.68. The van der Waals surface area contributed by atoms with Crippen LogP contribution in [0.1, 0.15) is 11.1 Å². The molecule has 0 amide bonds. The van der Waals surface area contributed by atoms with E-state index in [2.05, 4.69) is 20.0 Å². The minimum atomic E-state index is 0.535. The maximum Gasteiger partial charge on any atom is 0.163 e. The summed E-state index contributed by atoms with van der Waals surface area (Å²) < 4.78 is 0. The summed E-state index contributed by atoms with van der Waals surface area (Å²) in [7, 11) is 0. The highest BCUT2D eigenvalue weighted by Gasteiger charge is 2.30. The number of anilines is 4. The minimum Gasteiger partial charge on any atom is -0.399 e. The average molecular weight is 430 g/mol. The van der Waals surface area contributed by atoms with Gasteiger partial charge in [0.15, 0.2) is 11.6 Å². The molecule has 4 aromatic rings. The third-order valence-electron chi connectivity index (χ3n) is 5.18. The second-order valence-electron chi connectivity index (χ2n) is 7.35. The summed E-state index contributed by atoms with van der Waals surface area (Å²) in [5, 5.41) is 4.94. The lowest BCUT2D eigenvalue weighted by atomic mass is 10.1. The molecule has 0 aliphatic carbocycles. The van der Waals surface area contributed by atoms with Crippen LogP contribution in [0.2, 0.25) is 5.02 Å². The van der Waals surface area contributed by atoms with Crippen LogP contribution in [-0.4, -0.2) is 15.0 Å². The molecule has 0 spiro atoms. The number of rotatable bonds is 4. The van der Waals surface area contributed by atoms with Crippen molar-refractivity contribution in [1.29, 1.82) is 0 Å². The number of pyridine rings is 1. The predicted molar refractivity (Wildman–Crippen MR) is 124 cm³/mol. The van der Waals surface area contributed by atoms with Crippen molar-refractivity contribution in [1.82, 2.24) is 15.0 Å². The van der Waals surface area contributed by atoms with Gasteiger partial charge in [-0.1, -0.05) is 23.7 Å². The standard InChI is InChI=1S/C23H20ClN7/c24-17-4-1-5-19(9-17)30-14-16-12-28-22(20-10-18(25)6-7-21(20)26)29-23(16)31(30)13-15-3-2-8-27-11-15/h1-12H,13-14,25-26H2. The van der Waals surface area contributed by atoms with Crippen LogP contribution >= 0.6 is 11.6 Å². The topological polar surface area (TPSA) is 97.2 Å². The summed E-state index contributed by atoms with van der Waals surface area (Å²) >= 11 is 6.27. The predicted octanol–water partition coefficient (Wildman–Crippen LogP) is 4.30. The Morgan fingerprint density at radius 2 is 1.90 bits per heavy atom. The minimum absolute atomic E-state index is 0.535. The Morgan fingerprint density at radius 3 is 2.71 bits per heavy atom. The fourth-order valence-corrected chi connectivity index (χ4v) is 3.87. The highest BCUT2D eigenvalue weighted by molar-refractivity contribution is 6.30. The molecule has 2 aromatic heterocycles. The number of hydrogen-bond acceptors (Lipinski definition) is 7. The van der Waals surface area contributed by atoms with Crippen LogP contribution in [-0.2, 0) is 13.1 Å². The van der Waals surface area contributed by atoms with Crippen molar-refractivity contribution in [3.05, 3.63) is 89.3 Å². The smallest absolute Gasteiger partial charge is 0.163 e. The number of nitrogens with zero attached hydrogens (tertiary/aromatic N) is 5. The zero-order valence-corrected chi connectivity index (χ0v) is 17.4. The Morgan fingerprint density at radius 1 is 1.00 bits per heavy atom. The van der Waals surface area contributed by atoms with Crippen LogP contribution in [0.25, 0.3) is 11.4 Å². The number of hydrogen-bond donors (Lipinski definition) is 2. The van der Waals surface area contributed by atoms with E-state index in [1.807, 2.05) is 48.8 Å². The summed E-state index contributed by atoms with van der Waals surface area (Å²) in [6, 6.07) is 17.1. The molecule has 4 N–H and O–H groups in total. The Bertz CT molecular complexity index is 1250. The first kappa shape index (κ1) is 19.1. The first-order chi connectivity index (χ1) is 15.1. The van der Waals surface area contributed by atoms with Crippen molar-refractivity contribution in [3.8, 4) is 11.4 Å². The number of nitrogens with two attached hydrogens (primary N) is 2. The number of hydrazine groups is 1. The van der Waals surface area contributed by atoms with Gasteiger partial charge in [-0.15, -0.1) is 0 Å². The lowest BCUT2D eigenvalue weighted by molar-refractivity contribution is 0.751. The molecule has 31 heavy (non-hydrogen) atoms. The van der Waals surface area contributed by atoms with Crippen molar-refractivity contribution >= 4 is 34.5 Å². The molecule has 1 aliphatic rings. The second kappa shape index (κ2) is 7.77. The third-order valence-corrected chi connectivity index (χ3v) is 5.41. The van der Waals surface area contributed by atoms with Gasteiger partial charge in [0.1, 0.15) is 0 Å². The van der Waals surface area contributed by atoms with Gasteiger partial charge in [-0.3, -0.25) is 15.0 Å². The van der Waals surface area contributed by atoms with Crippen molar-refractivity contribution in [2.45, 2.75) is 13.1 Å². The molecule has 2 aromatic carbocycles. The summed E-state index contributed by atoms with van der Waals surface area (Å²) in [5.74, 6) is 1.35. The van der Waals surface area contributed by atoms with Crippen LogP contribution in [0.5, 0.6) is 0 Å². The maximum atomic E-state index is 6.27. The Kier molecular flexibility index (Phi) is 4.80. The number of fused-ring (bicyclic) bond motifs is 1. The van der Waals surface area contributed by atoms with E-state index in [4.69, 9.17) is 28.1 Å². The first-order valence-corrected chi connectivity index (χ1v) is 10.2. The molecule has 0 unspecified atom stereocenters. The largest absolute Gasteiger partial charge is 0.399 e. The number of halogens is 1. The Labute approximate surface area is 184 Å². The number of nitrogen functional groups attached to an aromatic ring is 2. The quantitative estimate of drug-likeness (QED) is 0.467. The molecule has 8 heteroatoms. The third kappa shape index (κ3) is 3.71. The van der Waals surface area contributed by atoms with Crippen molar-refractivity contribution in [2.24, 2.45) is 0 Å². The molecule has 7 nitrogen and oxygen atoms in total. The molecule has 0 saturated carbocycles. The van der Waals surface area contributed by atoms with E-state index < -0.39 is 0 Å². The summed E-state index contributed by atoms with van der Waals surface area (Å²) in [6.45, 7) is 1.22. The highest BCUT2D eigenvalue weighted by atomic mass is 35.5. The molecule has 0 bridgehead atoms.